The van der Waals surface area contributed by atoms with E-state index in [1.807, 2.05) is 0 Å². The van der Waals surface area contributed by atoms with E-state index in [9.17, 15) is 0 Å². The minimum absolute atomic E-state index is 0.140. The summed E-state index contributed by atoms with van der Waals surface area (Å²) < 4.78 is 17.7. The van der Waals surface area contributed by atoms with Crippen molar-refractivity contribution in [2.24, 2.45) is 0 Å². The van der Waals surface area contributed by atoms with Crippen molar-refractivity contribution in [2.75, 3.05) is 26.9 Å². The lowest BCUT2D eigenvalue weighted by Crippen LogP contribution is -2.44. The van der Waals surface area contributed by atoms with E-state index >= 15 is 0 Å². The fraction of sp³-hybridized carbons (Fsp3) is 1.00. The lowest BCUT2D eigenvalue weighted by molar-refractivity contribution is -0.166. The van der Waals surface area contributed by atoms with E-state index < -0.39 is 0 Å². The van der Waals surface area contributed by atoms with E-state index in [1.54, 1.807) is 7.11 Å². The van der Waals surface area contributed by atoms with Crippen LogP contribution < -0.4 is 0 Å². The average molecular weight is 274 g/mol. The van der Waals surface area contributed by atoms with Crippen LogP contribution in [0.1, 0.15) is 66.7 Å². The zero-order valence-electron chi connectivity index (χ0n) is 13.9. The summed E-state index contributed by atoms with van der Waals surface area (Å²) in [5, 5.41) is 0. The van der Waals surface area contributed by atoms with Crippen LogP contribution in [0.5, 0.6) is 0 Å². The van der Waals surface area contributed by atoms with Crippen LogP contribution in [-0.2, 0) is 14.2 Å². The fourth-order valence-corrected chi connectivity index (χ4v) is 2.27. The molecule has 0 aromatic carbocycles. The molecule has 0 saturated carbocycles. The van der Waals surface area contributed by atoms with Gasteiger partial charge < -0.3 is 14.2 Å². The van der Waals surface area contributed by atoms with Crippen LogP contribution in [0.25, 0.3) is 0 Å². The zero-order chi connectivity index (χ0) is 14.8. The van der Waals surface area contributed by atoms with Crippen LogP contribution in [0.15, 0.2) is 0 Å². The summed E-state index contributed by atoms with van der Waals surface area (Å²) in [7, 11) is 1.74. The highest BCUT2D eigenvalue weighted by Crippen LogP contribution is 2.27. The van der Waals surface area contributed by atoms with Gasteiger partial charge in [-0.05, 0) is 32.1 Å². The Hall–Kier alpha value is -0.120. The lowest BCUT2D eigenvalue weighted by Gasteiger charge is -2.38. The topological polar surface area (TPSA) is 27.7 Å². The molecule has 0 aliphatic heterocycles. The molecule has 0 bridgehead atoms. The molecule has 19 heavy (non-hydrogen) atoms. The van der Waals surface area contributed by atoms with Crippen LogP contribution in [0.2, 0.25) is 0 Å². The molecule has 0 aromatic rings. The van der Waals surface area contributed by atoms with E-state index in [-0.39, 0.29) is 11.2 Å². The highest BCUT2D eigenvalue weighted by Gasteiger charge is 2.33. The fourth-order valence-electron chi connectivity index (χ4n) is 2.27. The molecule has 0 aromatic heterocycles. The predicted molar refractivity (Wildman–Crippen MR) is 80.7 cm³/mol. The van der Waals surface area contributed by atoms with Crippen molar-refractivity contribution in [1.29, 1.82) is 0 Å². The van der Waals surface area contributed by atoms with Gasteiger partial charge in [0.1, 0.15) is 0 Å². The standard InChI is InChI=1S/C16H34O3/c1-7-12-18-16(10-4,11-5)14-19-15(8-2,9-3)13-17-6/h7-14H2,1-6H3. The Morgan fingerprint density at radius 2 is 1.16 bits per heavy atom. The van der Waals surface area contributed by atoms with Crippen LogP contribution in [0, 0.1) is 0 Å². The maximum Gasteiger partial charge on any atom is 0.0910 e. The van der Waals surface area contributed by atoms with Crippen molar-refractivity contribution in [2.45, 2.75) is 77.9 Å². The molecule has 0 radical (unpaired) electrons. The second-order valence-corrected chi connectivity index (χ2v) is 5.35. The smallest absolute Gasteiger partial charge is 0.0910 e. The minimum atomic E-state index is -0.167. The van der Waals surface area contributed by atoms with Crippen LogP contribution in [0.3, 0.4) is 0 Å². The number of hydrogen-bond acceptors (Lipinski definition) is 3. The minimum Gasteiger partial charge on any atom is -0.382 e. The van der Waals surface area contributed by atoms with E-state index in [1.165, 1.54) is 0 Å². The van der Waals surface area contributed by atoms with Crippen molar-refractivity contribution in [1.82, 2.24) is 0 Å². The van der Waals surface area contributed by atoms with Crippen molar-refractivity contribution < 1.29 is 14.2 Å². The zero-order valence-corrected chi connectivity index (χ0v) is 13.9. The first-order valence-corrected chi connectivity index (χ1v) is 7.84. The van der Waals surface area contributed by atoms with Crippen molar-refractivity contribution in [3.05, 3.63) is 0 Å². The van der Waals surface area contributed by atoms with Crippen LogP contribution >= 0.6 is 0 Å². The maximum absolute atomic E-state index is 6.26. The third-order valence-electron chi connectivity index (χ3n) is 4.24. The number of ether oxygens (including phenoxy) is 3. The van der Waals surface area contributed by atoms with Crippen molar-refractivity contribution >= 4 is 0 Å². The Labute approximate surface area is 120 Å². The summed E-state index contributed by atoms with van der Waals surface area (Å²) in [5.41, 5.74) is -0.306. The second-order valence-electron chi connectivity index (χ2n) is 5.35. The second kappa shape index (κ2) is 9.73. The number of hydrogen-bond donors (Lipinski definition) is 0. The predicted octanol–water partition coefficient (Wildman–Crippen LogP) is 4.19. The normalized spacial score (nSPS) is 12.9. The summed E-state index contributed by atoms with van der Waals surface area (Å²) in [5.74, 6) is 0. The largest absolute Gasteiger partial charge is 0.382 e. The molecule has 0 N–H and O–H groups in total. The molecule has 3 heteroatoms. The van der Waals surface area contributed by atoms with Gasteiger partial charge >= 0.3 is 0 Å². The quantitative estimate of drug-likeness (QED) is 0.534. The first kappa shape index (κ1) is 18.9. The molecule has 0 rings (SSSR count). The summed E-state index contributed by atoms with van der Waals surface area (Å²) in [6, 6.07) is 0. The summed E-state index contributed by atoms with van der Waals surface area (Å²) in [6.07, 6.45) is 4.95. The third kappa shape index (κ3) is 5.80. The Balaban J connectivity index is 4.65. The highest BCUT2D eigenvalue weighted by molar-refractivity contribution is 4.83. The van der Waals surface area contributed by atoms with Gasteiger partial charge in [0, 0.05) is 13.7 Å². The van der Waals surface area contributed by atoms with E-state index in [4.69, 9.17) is 14.2 Å². The van der Waals surface area contributed by atoms with E-state index in [0.29, 0.717) is 13.2 Å². The molecule has 0 amide bonds. The van der Waals surface area contributed by atoms with Gasteiger partial charge in [-0.2, -0.15) is 0 Å². The molecule has 0 aliphatic rings. The van der Waals surface area contributed by atoms with Gasteiger partial charge in [-0.15, -0.1) is 0 Å². The third-order valence-corrected chi connectivity index (χ3v) is 4.24. The van der Waals surface area contributed by atoms with Gasteiger partial charge in [0.25, 0.3) is 0 Å². The Bertz CT molecular complexity index is 208. The van der Waals surface area contributed by atoms with E-state index in [0.717, 1.165) is 38.7 Å². The summed E-state index contributed by atoms with van der Waals surface area (Å²) in [4.78, 5) is 0. The molecule has 0 heterocycles. The Morgan fingerprint density at radius 3 is 1.53 bits per heavy atom. The maximum atomic E-state index is 6.26. The van der Waals surface area contributed by atoms with Gasteiger partial charge in [-0.1, -0.05) is 34.6 Å². The van der Waals surface area contributed by atoms with Gasteiger partial charge in [0.15, 0.2) is 0 Å². The monoisotopic (exact) mass is 274 g/mol. The van der Waals surface area contributed by atoms with Gasteiger partial charge in [0.05, 0.1) is 24.4 Å². The number of rotatable bonds is 12. The average Bonchev–Trinajstić information content (AvgIpc) is 2.47. The van der Waals surface area contributed by atoms with Crippen molar-refractivity contribution in [3.8, 4) is 0 Å². The molecule has 0 saturated heterocycles. The SMILES string of the molecule is CCCOC(CC)(CC)COC(CC)(CC)COC. The van der Waals surface area contributed by atoms with E-state index in [2.05, 4.69) is 34.6 Å². The molecule has 0 aliphatic carbocycles. The Morgan fingerprint density at radius 1 is 0.684 bits per heavy atom. The number of methoxy groups -OCH3 is 1. The van der Waals surface area contributed by atoms with Crippen LogP contribution in [-0.4, -0.2) is 38.1 Å². The summed E-state index contributed by atoms with van der Waals surface area (Å²) >= 11 is 0. The molecule has 3 nitrogen and oxygen atoms in total. The molecule has 0 spiro atoms. The molecule has 116 valence electrons. The molecule has 0 unspecified atom stereocenters. The van der Waals surface area contributed by atoms with Gasteiger partial charge in [0.2, 0.25) is 0 Å². The van der Waals surface area contributed by atoms with Crippen LogP contribution in [0.4, 0.5) is 0 Å². The first-order valence-electron chi connectivity index (χ1n) is 7.84. The first-order chi connectivity index (χ1) is 9.07. The molecule has 0 atom stereocenters. The molecule has 0 fully saturated rings. The molecular weight excluding hydrogens is 240 g/mol. The Kier molecular flexibility index (Phi) is 9.67. The highest BCUT2D eigenvalue weighted by atomic mass is 16.6. The van der Waals surface area contributed by atoms with Crippen molar-refractivity contribution in [3.63, 3.8) is 0 Å². The molecular formula is C16H34O3. The lowest BCUT2D eigenvalue weighted by atomic mass is 9.95. The summed E-state index contributed by atoms with van der Waals surface area (Å²) in [6.45, 7) is 12.9. The van der Waals surface area contributed by atoms with Gasteiger partial charge in [-0.25, -0.2) is 0 Å². The van der Waals surface area contributed by atoms with Gasteiger partial charge in [-0.3, -0.25) is 0 Å².